The zero-order valence-electron chi connectivity index (χ0n) is 11.0. The molecule has 0 spiro atoms. The zero-order valence-corrected chi connectivity index (χ0v) is 12.6. The second kappa shape index (κ2) is 5.58. The summed E-state index contributed by atoms with van der Waals surface area (Å²) in [5.74, 6) is 1.76. The Balaban J connectivity index is 1.90. The van der Waals surface area contributed by atoms with Gasteiger partial charge in [0.05, 0.1) is 6.54 Å². The zero-order chi connectivity index (χ0) is 13.9. The lowest BCUT2D eigenvalue weighted by Gasteiger charge is -2.09. The third-order valence-electron chi connectivity index (χ3n) is 3.20. The van der Waals surface area contributed by atoms with Crippen molar-refractivity contribution in [1.82, 2.24) is 19.7 Å². The molecule has 0 amide bonds. The molecule has 0 bridgehead atoms. The molecule has 0 radical (unpaired) electrons. The minimum Gasteiger partial charge on any atom is -0.362 e. The summed E-state index contributed by atoms with van der Waals surface area (Å²) in [5.41, 5.74) is 0. The molecule has 3 rings (SSSR count). The summed E-state index contributed by atoms with van der Waals surface area (Å²) in [6.07, 6.45) is 3.55. The summed E-state index contributed by atoms with van der Waals surface area (Å²) in [5, 5.41) is 13.6. The minimum atomic E-state index is 0.604. The van der Waals surface area contributed by atoms with Crippen LogP contribution >= 0.6 is 15.9 Å². The number of aryl methyl sites for hydroxylation is 1. The Morgan fingerprint density at radius 2 is 2.15 bits per heavy atom. The number of fused-ring (bicyclic) bond motifs is 1. The molecule has 6 heteroatoms. The van der Waals surface area contributed by atoms with E-state index in [1.807, 2.05) is 22.8 Å². The van der Waals surface area contributed by atoms with Gasteiger partial charge in [-0.05, 0) is 19.1 Å². The van der Waals surface area contributed by atoms with Gasteiger partial charge in [-0.25, -0.2) is 4.98 Å². The van der Waals surface area contributed by atoms with Crippen LogP contribution in [0.25, 0.3) is 10.8 Å². The van der Waals surface area contributed by atoms with E-state index in [0.717, 1.165) is 33.4 Å². The van der Waals surface area contributed by atoms with Crippen LogP contribution in [0.15, 0.2) is 41.3 Å². The Morgan fingerprint density at radius 1 is 1.25 bits per heavy atom. The summed E-state index contributed by atoms with van der Waals surface area (Å²) in [4.78, 5) is 4.41. The van der Waals surface area contributed by atoms with Crippen LogP contribution < -0.4 is 5.32 Å². The number of hydrogen-bond acceptors (Lipinski definition) is 4. The van der Waals surface area contributed by atoms with Crippen molar-refractivity contribution < 1.29 is 0 Å². The highest BCUT2D eigenvalue weighted by Gasteiger charge is 2.06. The highest BCUT2D eigenvalue weighted by atomic mass is 79.9. The first-order chi connectivity index (χ1) is 9.79. The van der Waals surface area contributed by atoms with Gasteiger partial charge < -0.3 is 9.88 Å². The van der Waals surface area contributed by atoms with Crippen molar-refractivity contribution in [2.24, 2.45) is 0 Å². The molecule has 0 aliphatic rings. The van der Waals surface area contributed by atoms with E-state index in [-0.39, 0.29) is 0 Å². The standard InChI is InChI=1S/C14H14BrN5/c1-2-20-9-18-19-13(20)8-17-14-11-4-3-5-12(15)10(11)6-7-16-14/h3-7,9H,2,8H2,1H3,(H,16,17). The summed E-state index contributed by atoms with van der Waals surface area (Å²) in [6, 6.07) is 8.09. The van der Waals surface area contributed by atoms with Gasteiger partial charge in [0, 0.05) is 28.0 Å². The lowest BCUT2D eigenvalue weighted by atomic mass is 10.1. The lowest BCUT2D eigenvalue weighted by molar-refractivity contribution is 0.707. The van der Waals surface area contributed by atoms with Gasteiger partial charge >= 0.3 is 0 Å². The van der Waals surface area contributed by atoms with Gasteiger partial charge in [-0.2, -0.15) is 0 Å². The molecular formula is C14H14BrN5. The maximum absolute atomic E-state index is 4.41. The van der Waals surface area contributed by atoms with Gasteiger partial charge in [0.15, 0.2) is 5.82 Å². The van der Waals surface area contributed by atoms with Crippen molar-refractivity contribution in [2.45, 2.75) is 20.0 Å². The fourth-order valence-electron chi connectivity index (χ4n) is 2.15. The van der Waals surface area contributed by atoms with Crippen molar-refractivity contribution in [3.63, 3.8) is 0 Å². The molecule has 102 valence electrons. The number of pyridine rings is 1. The van der Waals surface area contributed by atoms with Crippen molar-refractivity contribution in [3.05, 3.63) is 47.1 Å². The highest BCUT2D eigenvalue weighted by molar-refractivity contribution is 9.10. The molecule has 0 atom stereocenters. The van der Waals surface area contributed by atoms with Crippen LogP contribution in [-0.2, 0) is 13.1 Å². The summed E-state index contributed by atoms with van der Waals surface area (Å²) >= 11 is 3.56. The second-order valence-corrected chi connectivity index (χ2v) is 5.24. The molecule has 1 N–H and O–H groups in total. The number of nitrogens with zero attached hydrogens (tertiary/aromatic N) is 4. The van der Waals surface area contributed by atoms with E-state index >= 15 is 0 Å². The molecule has 0 saturated heterocycles. The average molecular weight is 332 g/mol. The normalized spacial score (nSPS) is 10.9. The number of anilines is 1. The highest BCUT2D eigenvalue weighted by Crippen LogP contribution is 2.27. The van der Waals surface area contributed by atoms with Gasteiger partial charge in [0.1, 0.15) is 12.1 Å². The van der Waals surface area contributed by atoms with Crippen LogP contribution in [0.5, 0.6) is 0 Å². The topological polar surface area (TPSA) is 55.6 Å². The number of nitrogens with one attached hydrogen (secondary N) is 1. The number of aromatic nitrogens is 4. The van der Waals surface area contributed by atoms with Gasteiger partial charge in [-0.15, -0.1) is 10.2 Å². The SMILES string of the molecule is CCn1cnnc1CNc1nccc2c(Br)cccc12. The van der Waals surface area contributed by atoms with Crippen LogP contribution in [0.3, 0.4) is 0 Å². The number of halogens is 1. The van der Waals surface area contributed by atoms with E-state index in [1.165, 1.54) is 0 Å². The summed E-state index contributed by atoms with van der Waals surface area (Å²) < 4.78 is 3.07. The van der Waals surface area contributed by atoms with E-state index in [4.69, 9.17) is 0 Å². The minimum absolute atomic E-state index is 0.604. The maximum atomic E-state index is 4.41. The third-order valence-corrected chi connectivity index (χ3v) is 3.89. The van der Waals surface area contributed by atoms with Crippen LogP contribution in [0, 0.1) is 0 Å². The molecule has 0 unspecified atom stereocenters. The largest absolute Gasteiger partial charge is 0.362 e. The first kappa shape index (κ1) is 13.1. The Labute approximate surface area is 125 Å². The Hall–Kier alpha value is -1.95. The number of benzene rings is 1. The van der Waals surface area contributed by atoms with E-state index < -0.39 is 0 Å². The van der Waals surface area contributed by atoms with E-state index in [2.05, 4.69) is 49.4 Å². The monoisotopic (exact) mass is 331 g/mol. The fourth-order valence-corrected chi connectivity index (χ4v) is 2.65. The quantitative estimate of drug-likeness (QED) is 0.797. The van der Waals surface area contributed by atoms with Crippen molar-refractivity contribution in [3.8, 4) is 0 Å². The molecule has 0 fully saturated rings. The van der Waals surface area contributed by atoms with E-state index in [9.17, 15) is 0 Å². The molecule has 20 heavy (non-hydrogen) atoms. The first-order valence-electron chi connectivity index (χ1n) is 6.43. The second-order valence-electron chi connectivity index (χ2n) is 4.38. The smallest absolute Gasteiger partial charge is 0.152 e. The lowest BCUT2D eigenvalue weighted by Crippen LogP contribution is -2.08. The van der Waals surface area contributed by atoms with Gasteiger partial charge in [0.25, 0.3) is 0 Å². The van der Waals surface area contributed by atoms with Crippen LogP contribution in [-0.4, -0.2) is 19.7 Å². The van der Waals surface area contributed by atoms with Crippen LogP contribution in [0.4, 0.5) is 5.82 Å². The fraction of sp³-hybridized carbons (Fsp3) is 0.214. The predicted molar refractivity (Wildman–Crippen MR) is 82.5 cm³/mol. The Bertz CT molecular complexity index is 737. The number of hydrogen-bond donors (Lipinski definition) is 1. The van der Waals surface area contributed by atoms with Gasteiger partial charge in [-0.3, -0.25) is 0 Å². The third kappa shape index (κ3) is 2.38. The van der Waals surface area contributed by atoms with Crippen molar-refractivity contribution in [1.29, 1.82) is 0 Å². The van der Waals surface area contributed by atoms with E-state index in [1.54, 1.807) is 12.5 Å². The average Bonchev–Trinajstić information content (AvgIpc) is 2.93. The Kier molecular flexibility index (Phi) is 3.64. The molecule has 3 aromatic rings. The molecule has 0 aliphatic heterocycles. The molecule has 0 saturated carbocycles. The molecule has 1 aromatic carbocycles. The predicted octanol–water partition coefficient (Wildman–Crippen LogP) is 3.22. The Morgan fingerprint density at radius 3 is 3.00 bits per heavy atom. The molecule has 0 aliphatic carbocycles. The van der Waals surface area contributed by atoms with Gasteiger partial charge in [0.2, 0.25) is 0 Å². The number of rotatable bonds is 4. The van der Waals surface area contributed by atoms with Crippen LogP contribution in [0.1, 0.15) is 12.7 Å². The summed E-state index contributed by atoms with van der Waals surface area (Å²) in [7, 11) is 0. The molecule has 5 nitrogen and oxygen atoms in total. The van der Waals surface area contributed by atoms with Crippen LogP contribution in [0.2, 0.25) is 0 Å². The summed E-state index contributed by atoms with van der Waals surface area (Å²) in [6.45, 7) is 3.53. The van der Waals surface area contributed by atoms with Gasteiger partial charge in [-0.1, -0.05) is 28.1 Å². The van der Waals surface area contributed by atoms with Crippen molar-refractivity contribution >= 4 is 32.5 Å². The van der Waals surface area contributed by atoms with E-state index in [0.29, 0.717) is 6.54 Å². The first-order valence-corrected chi connectivity index (χ1v) is 7.22. The molecular weight excluding hydrogens is 318 g/mol. The maximum Gasteiger partial charge on any atom is 0.152 e. The molecule has 2 heterocycles. The molecule has 2 aromatic heterocycles. The van der Waals surface area contributed by atoms with Crippen molar-refractivity contribution in [2.75, 3.05) is 5.32 Å².